The van der Waals surface area contributed by atoms with E-state index in [1.54, 1.807) is 0 Å². The maximum atomic E-state index is 11.4. The van der Waals surface area contributed by atoms with Crippen LogP contribution in [0.2, 0.25) is 0 Å². The minimum absolute atomic E-state index is 0.0896. The van der Waals surface area contributed by atoms with E-state index in [1.165, 1.54) is 6.26 Å². The summed E-state index contributed by atoms with van der Waals surface area (Å²) in [7, 11) is -3.03. The van der Waals surface area contributed by atoms with Crippen LogP contribution in [0.4, 0.5) is 11.6 Å². The van der Waals surface area contributed by atoms with Crippen molar-refractivity contribution in [3.05, 3.63) is 42.2 Å². The normalized spacial score (nSPS) is 13.2. The molecule has 108 valence electrons. The predicted octanol–water partition coefficient (Wildman–Crippen LogP) is 2.54. The second-order valence-electron chi connectivity index (χ2n) is 5.05. The highest BCUT2D eigenvalue weighted by Gasteiger charge is 2.16. The molecule has 1 aromatic heterocycles. The third kappa shape index (κ3) is 3.84. The van der Waals surface area contributed by atoms with Gasteiger partial charge in [0, 0.05) is 24.2 Å². The number of imidazole rings is 1. The van der Waals surface area contributed by atoms with Crippen LogP contribution in [0.3, 0.4) is 0 Å². The van der Waals surface area contributed by atoms with Gasteiger partial charge in [0.1, 0.15) is 9.84 Å². The lowest BCUT2D eigenvalue weighted by atomic mass is 10.3. The Labute approximate surface area is 119 Å². The molecular formula is C14H19N3O2S. The number of nitrogens with one attached hydrogen (secondary N) is 1. The molecule has 0 fully saturated rings. The largest absolute Gasteiger partial charge is 0.326 e. The Hall–Kier alpha value is -1.82. The molecule has 5 nitrogen and oxygen atoms in total. The fraction of sp³-hybridized carbons (Fsp3) is 0.357. The molecule has 1 aromatic carbocycles. The van der Waals surface area contributed by atoms with E-state index in [2.05, 4.69) is 10.3 Å². The first-order chi connectivity index (χ1) is 9.35. The van der Waals surface area contributed by atoms with E-state index >= 15 is 0 Å². The second-order valence-corrected chi connectivity index (χ2v) is 7.23. The Balaban J connectivity index is 2.26. The SMILES string of the molecule is Cc1cn(C(C)CS(C)(=O)=O)c(Nc2ccccc2)n1. The van der Waals surface area contributed by atoms with Crippen molar-refractivity contribution in [3.63, 3.8) is 0 Å². The minimum Gasteiger partial charge on any atom is -0.326 e. The fourth-order valence-electron chi connectivity index (χ4n) is 2.11. The van der Waals surface area contributed by atoms with Gasteiger partial charge in [-0.2, -0.15) is 0 Å². The number of para-hydroxylation sites is 1. The molecule has 0 aliphatic rings. The van der Waals surface area contributed by atoms with Crippen LogP contribution < -0.4 is 5.32 Å². The van der Waals surface area contributed by atoms with Gasteiger partial charge in [0.05, 0.1) is 11.4 Å². The maximum Gasteiger partial charge on any atom is 0.207 e. The molecule has 2 rings (SSSR count). The minimum atomic E-state index is -3.03. The van der Waals surface area contributed by atoms with Crippen LogP contribution in [0.25, 0.3) is 0 Å². The van der Waals surface area contributed by atoms with E-state index in [-0.39, 0.29) is 11.8 Å². The summed E-state index contributed by atoms with van der Waals surface area (Å²) in [5, 5.41) is 3.22. The Morgan fingerprint density at radius 1 is 1.30 bits per heavy atom. The Kier molecular flexibility index (Phi) is 4.13. The summed E-state index contributed by atoms with van der Waals surface area (Å²) < 4.78 is 24.7. The van der Waals surface area contributed by atoms with E-state index in [4.69, 9.17) is 0 Å². The van der Waals surface area contributed by atoms with E-state index in [0.29, 0.717) is 5.95 Å². The third-order valence-corrected chi connectivity index (χ3v) is 3.99. The van der Waals surface area contributed by atoms with Crippen molar-refractivity contribution in [2.75, 3.05) is 17.3 Å². The number of hydrogen-bond acceptors (Lipinski definition) is 4. The third-order valence-electron chi connectivity index (χ3n) is 2.90. The van der Waals surface area contributed by atoms with Crippen LogP contribution in [-0.4, -0.2) is 30.0 Å². The van der Waals surface area contributed by atoms with E-state index in [0.717, 1.165) is 11.4 Å². The van der Waals surface area contributed by atoms with Crippen LogP contribution in [0, 0.1) is 6.92 Å². The van der Waals surface area contributed by atoms with Gasteiger partial charge < -0.3 is 9.88 Å². The molecule has 6 heteroatoms. The van der Waals surface area contributed by atoms with Crippen LogP contribution >= 0.6 is 0 Å². The average molecular weight is 293 g/mol. The molecule has 1 unspecified atom stereocenters. The number of benzene rings is 1. The van der Waals surface area contributed by atoms with Gasteiger partial charge in [-0.1, -0.05) is 18.2 Å². The van der Waals surface area contributed by atoms with Gasteiger partial charge in [0.15, 0.2) is 0 Å². The van der Waals surface area contributed by atoms with Gasteiger partial charge in [0.25, 0.3) is 0 Å². The van der Waals surface area contributed by atoms with Crippen LogP contribution in [-0.2, 0) is 9.84 Å². The molecule has 0 aliphatic carbocycles. The van der Waals surface area contributed by atoms with E-state index in [9.17, 15) is 8.42 Å². The van der Waals surface area contributed by atoms with Crippen molar-refractivity contribution in [1.82, 2.24) is 9.55 Å². The Morgan fingerprint density at radius 3 is 2.55 bits per heavy atom. The van der Waals surface area contributed by atoms with Crippen LogP contribution in [0.5, 0.6) is 0 Å². The van der Waals surface area contributed by atoms with Crippen molar-refractivity contribution < 1.29 is 8.42 Å². The van der Waals surface area contributed by atoms with Gasteiger partial charge in [-0.15, -0.1) is 0 Å². The highest BCUT2D eigenvalue weighted by Crippen LogP contribution is 2.21. The van der Waals surface area contributed by atoms with Crippen molar-refractivity contribution in [1.29, 1.82) is 0 Å². The average Bonchev–Trinajstić information content (AvgIpc) is 2.69. The van der Waals surface area contributed by atoms with E-state index < -0.39 is 9.84 Å². The highest BCUT2D eigenvalue weighted by atomic mass is 32.2. The quantitative estimate of drug-likeness (QED) is 0.920. The molecule has 1 N–H and O–H groups in total. The molecule has 0 saturated carbocycles. The van der Waals surface area contributed by atoms with Gasteiger partial charge in [-0.3, -0.25) is 0 Å². The number of anilines is 2. The Morgan fingerprint density at radius 2 is 1.95 bits per heavy atom. The summed E-state index contributed by atoms with van der Waals surface area (Å²) in [6, 6.07) is 9.52. The molecule has 0 aliphatic heterocycles. The summed E-state index contributed by atoms with van der Waals surface area (Å²) in [5.74, 6) is 0.747. The maximum absolute atomic E-state index is 11.4. The zero-order chi connectivity index (χ0) is 14.8. The number of sulfone groups is 1. The molecule has 0 saturated heterocycles. The van der Waals surface area contributed by atoms with Gasteiger partial charge in [-0.05, 0) is 26.0 Å². The second kappa shape index (κ2) is 5.66. The molecule has 0 bridgehead atoms. The monoisotopic (exact) mass is 293 g/mol. The predicted molar refractivity (Wildman–Crippen MR) is 81.1 cm³/mol. The fourth-order valence-corrected chi connectivity index (χ4v) is 3.15. The zero-order valence-electron chi connectivity index (χ0n) is 11.9. The Bertz CT molecular complexity index is 678. The van der Waals surface area contributed by atoms with Crippen LogP contribution in [0.1, 0.15) is 18.7 Å². The summed E-state index contributed by atoms with van der Waals surface area (Å²) >= 11 is 0. The van der Waals surface area contributed by atoms with Crippen LogP contribution in [0.15, 0.2) is 36.5 Å². The van der Waals surface area contributed by atoms with Crippen molar-refractivity contribution in [2.24, 2.45) is 0 Å². The first-order valence-corrected chi connectivity index (χ1v) is 8.46. The molecule has 0 amide bonds. The highest BCUT2D eigenvalue weighted by molar-refractivity contribution is 7.90. The molecule has 0 spiro atoms. The first kappa shape index (κ1) is 14.6. The van der Waals surface area contributed by atoms with Crippen molar-refractivity contribution in [2.45, 2.75) is 19.9 Å². The van der Waals surface area contributed by atoms with Crippen molar-refractivity contribution >= 4 is 21.5 Å². The van der Waals surface area contributed by atoms with Gasteiger partial charge >= 0.3 is 0 Å². The number of aryl methyl sites for hydroxylation is 1. The van der Waals surface area contributed by atoms with E-state index in [1.807, 2.05) is 54.9 Å². The lowest BCUT2D eigenvalue weighted by Gasteiger charge is -2.16. The topological polar surface area (TPSA) is 64.0 Å². The van der Waals surface area contributed by atoms with Gasteiger partial charge in [-0.25, -0.2) is 13.4 Å². The van der Waals surface area contributed by atoms with Crippen molar-refractivity contribution in [3.8, 4) is 0 Å². The zero-order valence-corrected chi connectivity index (χ0v) is 12.7. The number of aromatic nitrogens is 2. The lowest BCUT2D eigenvalue weighted by molar-refractivity contribution is 0.564. The number of hydrogen-bond donors (Lipinski definition) is 1. The standard InChI is InChI=1S/C14H19N3O2S/c1-11-9-17(12(2)10-20(3,18)19)14(15-11)16-13-7-5-4-6-8-13/h4-9,12H,10H2,1-3H3,(H,15,16). The van der Waals surface area contributed by atoms with Gasteiger partial charge in [0.2, 0.25) is 5.95 Å². The summed E-state index contributed by atoms with van der Waals surface area (Å²) in [5.41, 5.74) is 1.77. The summed E-state index contributed by atoms with van der Waals surface area (Å²) in [4.78, 5) is 4.41. The first-order valence-electron chi connectivity index (χ1n) is 6.40. The summed E-state index contributed by atoms with van der Waals surface area (Å²) in [6.07, 6.45) is 3.11. The molecule has 2 aromatic rings. The molecule has 0 radical (unpaired) electrons. The molecule has 1 heterocycles. The number of rotatable bonds is 5. The smallest absolute Gasteiger partial charge is 0.207 e. The molecular weight excluding hydrogens is 274 g/mol. The molecule has 20 heavy (non-hydrogen) atoms. The molecule has 1 atom stereocenters. The summed E-state index contributed by atoms with van der Waals surface area (Å²) in [6.45, 7) is 3.76. The lowest BCUT2D eigenvalue weighted by Crippen LogP contribution is -2.17. The number of nitrogens with zero attached hydrogens (tertiary/aromatic N) is 2.